The van der Waals surface area contributed by atoms with Gasteiger partial charge in [0, 0.05) is 43.7 Å². The standard InChI is InChI=1S/C25H29FN6O/c26-21-8-4-7-19(15-21)25(33)29-23-9-12-28-32(23)22-10-13-31(14-11-22)17-20-16-27-30-24(20)18-5-2-1-3-6-18/h1-9,12,15,20,22,24,27,30H,10-11,13-14,16-17H2,(H,29,33). The van der Waals surface area contributed by atoms with Crippen LogP contribution >= 0.6 is 0 Å². The van der Waals surface area contributed by atoms with Gasteiger partial charge in [-0.3, -0.25) is 10.2 Å². The molecule has 5 rings (SSSR count). The Morgan fingerprint density at radius 2 is 1.91 bits per heavy atom. The Balaban J connectivity index is 1.17. The van der Waals surface area contributed by atoms with Gasteiger partial charge in [0.1, 0.15) is 11.6 Å². The smallest absolute Gasteiger partial charge is 0.256 e. The summed E-state index contributed by atoms with van der Waals surface area (Å²) < 4.78 is 15.4. The van der Waals surface area contributed by atoms with Crippen molar-refractivity contribution in [1.82, 2.24) is 25.5 Å². The Kier molecular flexibility index (Phi) is 6.48. The molecule has 0 aliphatic carbocycles. The average Bonchev–Trinajstić information content (AvgIpc) is 3.50. The lowest BCUT2D eigenvalue weighted by atomic mass is 9.93. The Bertz CT molecular complexity index is 1080. The molecule has 1 aromatic heterocycles. The molecule has 33 heavy (non-hydrogen) atoms. The average molecular weight is 449 g/mol. The Morgan fingerprint density at radius 1 is 1.09 bits per heavy atom. The topological polar surface area (TPSA) is 74.2 Å². The highest BCUT2D eigenvalue weighted by Gasteiger charge is 2.31. The molecule has 3 N–H and O–H groups in total. The summed E-state index contributed by atoms with van der Waals surface area (Å²) in [6.45, 7) is 3.96. The summed E-state index contributed by atoms with van der Waals surface area (Å²) in [7, 11) is 0. The number of rotatable bonds is 6. The van der Waals surface area contributed by atoms with Crippen molar-refractivity contribution in [3.8, 4) is 0 Å². The lowest BCUT2D eigenvalue weighted by Gasteiger charge is -2.35. The van der Waals surface area contributed by atoms with Crippen LogP contribution in [0.3, 0.4) is 0 Å². The van der Waals surface area contributed by atoms with Gasteiger partial charge in [0.2, 0.25) is 0 Å². The van der Waals surface area contributed by atoms with Crippen LogP contribution < -0.4 is 16.2 Å². The van der Waals surface area contributed by atoms with Gasteiger partial charge in [0.15, 0.2) is 0 Å². The zero-order valence-corrected chi connectivity index (χ0v) is 18.5. The summed E-state index contributed by atoms with van der Waals surface area (Å²) in [4.78, 5) is 15.1. The van der Waals surface area contributed by atoms with Crippen LogP contribution in [-0.2, 0) is 0 Å². The third-order valence-electron chi connectivity index (χ3n) is 6.65. The van der Waals surface area contributed by atoms with Crippen molar-refractivity contribution in [2.45, 2.75) is 24.9 Å². The SMILES string of the molecule is O=C(Nc1ccnn1C1CCN(CC2CNNC2c2ccccc2)CC1)c1cccc(F)c1. The molecule has 3 aromatic rings. The highest BCUT2D eigenvalue weighted by molar-refractivity contribution is 6.03. The molecule has 7 nitrogen and oxygen atoms in total. The predicted octanol–water partition coefficient (Wildman–Crippen LogP) is 3.38. The van der Waals surface area contributed by atoms with Gasteiger partial charge in [-0.05, 0) is 36.6 Å². The molecule has 3 heterocycles. The first-order valence-corrected chi connectivity index (χ1v) is 11.5. The van der Waals surface area contributed by atoms with Crippen molar-refractivity contribution in [2.75, 3.05) is 31.5 Å². The fraction of sp³-hybridized carbons (Fsp3) is 0.360. The summed E-state index contributed by atoms with van der Waals surface area (Å²) >= 11 is 0. The number of aromatic nitrogens is 2. The van der Waals surface area contributed by atoms with E-state index in [0.29, 0.717) is 23.3 Å². The molecular weight excluding hydrogens is 419 g/mol. The summed E-state index contributed by atoms with van der Waals surface area (Å²) in [5, 5.41) is 7.36. The summed E-state index contributed by atoms with van der Waals surface area (Å²) in [6.07, 6.45) is 3.64. The number of likely N-dealkylation sites (tertiary alicyclic amines) is 1. The van der Waals surface area contributed by atoms with Crippen LogP contribution in [0.2, 0.25) is 0 Å². The molecule has 2 unspecified atom stereocenters. The van der Waals surface area contributed by atoms with Crippen LogP contribution in [0.5, 0.6) is 0 Å². The second-order valence-electron chi connectivity index (χ2n) is 8.83. The first-order valence-electron chi connectivity index (χ1n) is 11.5. The van der Waals surface area contributed by atoms with E-state index < -0.39 is 5.82 Å². The van der Waals surface area contributed by atoms with Crippen LogP contribution in [0.25, 0.3) is 0 Å². The lowest BCUT2D eigenvalue weighted by Crippen LogP contribution is -2.39. The number of anilines is 1. The normalized spacial score (nSPS) is 21.8. The van der Waals surface area contributed by atoms with Gasteiger partial charge < -0.3 is 10.2 Å². The van der Waals surface area contributed by atoms with Gasteiger partial charge in [-0.15, -0.1) is 0 Å². The first kappa shape index (κ1) is 21.8. The van der Waals surface area contributed by atoms with E-state index in [1.165, 1.54) is 23.8 Å². The fourth-order valence-electron chi connectivity index (χ4n) is 4.92. The third kappa shape index (κ3) is 4.98. The Hall–Kier alpha value is -3.07. The number of hydrogen-bond donors (Lipinski definition) is 3. The zero-order valence-electron chi connectivity index (χ0n) is 18.5. The van der Waals surface area contributed by atoms with Gasteiger partial charge in [0.05, 0.1) is 18.3 Å². The molecule has 172 valence electrons. The molecule has 2 aliphatic heterocycles. The highest BCUT2D eigenvalue weighted by atomic mass is 19.1. The van der Waals surface area contributed by atoms with Crippen molar-refractivity contribution < 1.29 is 9.18 Å². The van der Waals surface area contributed by atoms with E-state index in [-0.39, 0.29) is 11.9 Å². The van der Waals surface area contributed by atoms with Gasteiger partial charge >= 0.3 is 0 Å². The van der Waals surface area contributed by atoms with Gasteiger partial charge in [-0.2, -0.15) is 5.10 Å². The van der Waals surface area contributed by atoms with E-state index >= 15 is 0 Å². The Morgan fingerprint density at radius 3 is 2.70 bits per heavy atom. The number of piperidine rings is 1. The molecule has 2 atom stereocenters. The van der Waals surface area contributed by atoms with Crippen LogP contribution in [0.15, 0.2) is 66.9 Å². The number of hydrogen-bond acceptors (Lipinski definition) is 5. The molecule has 0 bridgehead atoms. The molecule has 0 radical (unpaired) electrons. The van der Waals surface area contributed by atoms with E-state index in [0.717, 1.165) is 39.0 Å². The number of nitrogens with one attached hydrogen (secondary N) is 3. The van der Waals surface area contributed by atoms with Crippen molar-refractivity contribution in [2.24, 2.45) is 5.92 Å². The van der Waals surface area contributed by atoms with Crippen molar-refractivity contribution >= 4 is 11.7 Å². The van der Waals surface area contributed by atoms with Crippen LogP contribution in [-0.4, -0.2) is 46.8 Å². The number of carbonyl (C=O) groups is 1. The molecule has 8 heteroatoms. The predicted molar refractivity (Wildman–Crippen MR) is 125 cm³/mol. The van der Waals surface area contributed by atoms with Crippen molar-refractivity contribution in [3.05, 3.63) is 83.8 Å². The fourth-order valence-corrected chi connectivity index (χ4v) is 4.92. The maximum atomic E-state index is 13.5. The maximum Gasteiger partial charge on any atom is 0.256 e. The summed E-state index contributed by atoms with van der Waals surface area (Å²) in [5.74, 6) is 0.401. The molecular formula is C25H29FN6O. The summed E-state index contributed by atoms with van der Waals surface area (Å²) in [5.41, 5.74) is 8.37. The monoisotopic (exact) mass is 448 g/mol. The number of halogens is 1. The number of benzene rings is 2. The van der Waals surface area contributed by atoms with Crippen molar-refractivity contribution in [1.29, 1.82) is 0 Å². The number of hydrazine groups is 1. The number of carbonyl (C=O) groups excluding carboxylic acids is 1. The zero-order chi connectivity index (χ0) is 22.6. The molecule has 0 spiro atoms. The van der Waals surface area contributed by atoms with Gasteiger partial charge in [-0.1, -0.05) is 36.4 Å². The molecule has 0 saturated carbocycles. The number of nitrogens with zero attached hydrogens (tertiary/aromatic N) is 3. The van der Waals surface area contributed by atoms with Crippen LogP contribution in [0, 0.1) is 11.7 Å². The highest BCUT2D eigenvalue weighted by Crippen LogP contribution is 2.29. The quantitative estimate of drug-likeness (QED) is 0.539. The van der Waals surface area contributed by atoms with E-state index in [1.54, 1.807) is 18.3 Å². The second kappa shape index (κ2) is 9.82. The molecule has 2 fully saturated rings. The first-order chi connectivity index (χ1) is 16.2. The third-order valence-corrected chi connectivity index (χ3v) is 6.65. The lowest BCUT2D eigenvalue weighted by molar-refractivity contribution is 0.102. The molecule has 2 saturated heterocycles. The van der Waals surface area contributed by atoms with Crippen molar-refractivity contribution in [3.63, 3.8) is 0 Å². The van der Waals surface area contributed by atoms with E-state index in [9.17, 15) is 9.18 Å². The molecule has 2 aromatic carbocycles. The molecule has 2 aliphatic rings. The van der Waals surface area contributed by atoms with Crippen LogP contribution in [0.1, 0.15) is 40.8 Å². The van der Waals surface area contributed by atoms with Crippen LogP contribution in [0.4, 0.5) is 10.2 Å². The largest absolute Gasteiger partial charge is 0.307 e. The maximum absolute atomic E-state index is 13.5. The number of amides is 1. The van der Waals surface area contributed by atoms with Gasteiger partial charge in [-0.25, -0.2) is 14.5 Å². The minimum atomic E-state index is -0.425. The molecule has 1 amide bonds. The minimum Gasteiger partial charge on any atom is -0.307 e. The minimum absolute atomic E-state index is 0.226. The van der Waals surface area contributed by atoms with Gasteiger partial charge in [0.25, 0.3) is 5.91 Å². The Labute approximate surface area is 192 Å². The summed E-state index contributed by atoms with van der Waals surface area (Å²) in [6, 6.07) is 18.6. The van der Waals surface area contributed by atoms with E-state index in [2.05, 4.69) is 56.5 Å². The second-order valence-corrected chi connectivity index (χ2v) is 8.83. The van der Waals surface area contributed by atoms with E-state index in [4.69, 9.17) is 0 Å². The van der Waals surface area contributed by atoms with E-state index in [1.807, 2.05) is 4.68 Å².